The molecule has 0 aliphatic heterocycles. The summed E-state index contributed by atoms with van der Waals surface area (Å²) < 4.78 is 4.86. The standard InChI is InChI=1S/C14H21NO2S/c1-4-15-14(2,13(16)17-3)11-18-10-12-8-6-5-7-9-12/h5-9,15H,4,10-11H2,1-3H3. The second-order valence-corrected chi connectivity index (χ2v) is 5.32. The number of hydrogen-bond donors (Lipinski definition) is 1. The molecule has 0 heterocycles. The molecule has 0 spiro atoms. The Labute approximate surface area is 113 Å². The summed E-state index contributed by atoms with van der Waals surface area (Å²) in [6.07, 6.45) is 0. The number of nitrogens with one attached hydrogen (secondary N) is 1. The third-order valence-corrected chi connectivity index (χ3v) is 4.02. The van der Waals surface area contributed by atoms with Gasteiger partial charge in [-0.25, -0.2) is 0 Å². The second-order valence-electron chi connectivity index (χ2n) is 4.33. The monoisotopic (exact) mass is 267 g/mol. The Morgan fingerprint density at radius 1 is 1.39 bits per heavy atom. The van der Waals surface area contributed by atoms with Crippen molar-refractivity contribution in [1.82, 2.24) is 5.32 Å². The molecule has 0 bridgehead atoms. The first-order valence-corrected chi connectivity index (χ1v) is 7.23. The maximum atomic E-state index is 11.8. The third kappa shape index (κ3) is 4.35. The van der Waals surface area contributed by atoms with Gasteiger partial charge in [-0.3, -0.25) is 4.79 Å². The zero-order valence-electron chi connectivity index (χ0n) is 11.2. The van der Waals surface area contributed by atoms with Crippen LogP contribution in [-0.2, 0) is 15.3 Å². The summed E-state index contributed by atoms with van der Waals surface area (Å²) in [5, 5.41) is 3.20. The van der Waals surface area contributed by atoms with E-state index >= 15 is 0 Å². The molecule has 1 rings (SSSR count). The molecule has 0 fully saturated rings. The van der Waals surface area contributed by atoms with Crippen LogP contribution in [0.15, 0.2) is 30.3 Å². The van der Waals surface area contributed by atoms with Crippen molar-refractivity contribution in [3.63, 3.8) is 0 Å². The lowest BCUT2D eigenvalue weighted by molar-refractivity contribution is -0.146. The van der Waals surface area contributed by atoms with Gasteiger partial charge in [0, 0.05) is 11.5 Å². The topological polar surface area (TPSA) is 38.3 Å². The summed E-state index contributed by atoms with van der Waals surface area (Å²) in [6.45, 7) is 4.63. The Hall–Kier alpha value is -1.00. The van der Waals surface area contributed by atoms with Gasteiger partial charge in [-0.05, 0) is 19.0 Å². The highest BCUT2D eigenvalue weighted by molar-refractivity contribution is 7.98. The summed E-state index contributed by atoms with van der Waals surface area (Å²) in [4.78, 5) is 11.8. The predicted octanol–water partition coefficient (Wildman–Crippen LogP) is 2.46. The molecule has 0 amide bonds. The minimum absolute atomic E-state index is 0.204. The normalized spacial score (nSPS) is 13.9. The molecule has 0 aliphatic carbocycles. The Morgan fingerprint density at radius 2 is 2.06 bits per heavy atom. The predicted molar refractivity (Wildman–Crippen MR) is 76.7 cm³/mol. The van der Waals surface area contributed by atoms with E-state index in [2.05, 4.69) is 17.4 Å². The van der Waals surface area contributed by atoms with Gasteiger partial charge in [-0.2, -0.15) is 11.8 Å². The lowest BCUT2D eigenvalue weighted by atomic mass is 10.1. The van der Waals surface area contributed by atoms with Gasteiger partial charge in [0.25, 0.3) is 0 Å². The molecule has 1 aromatic carbocycles. The van der Waals surface area contributed by atoms with Gasteiger partial charge in [0.1, 0.15) is 5.54 Å². The summed E-state index contributed by atoms with van der Waals surface area (Å²) in [5.74, 6) is 1.39. The number of likely N-dealkylation sites (N-methyl/N-ethyl adjacent to an activating group) is 1. The van der Waals surface area contributed by atoms with Crippen molar-refractivity contribution in [1.29, 1.82) is 0 Å². The summed E-state index contributed by atoms with van der Waals surface area (Å²) in [6, 6.07) is 10.2. The van der Waals surface area contributed by atoms with E-state index < -0.39 is 5.54 Å². The van der Waals surface area contributed by atoms with Crippen molar-refractivity contribution in [3.05, 3.63) is 35.9 Å². The molecule has 1 N–H and O–H groups in total. The van der Waals surface area contributed by atoms with Crippen LogP contribution < -0.4 is 5.32 Å². The van der Waals surface area contributed by atoms with Crippen molar-refractivity contribution < 1.29 is 9.53 Å². The number of thioether (sulfide) groups is 1. The highest BCUT2D eigenvalue weighted by Gasteiger charge is 2.33. The number of hydrogen-bond acceptors (Lipinski definition) is 4. The van der Waals surface area contributed by atoms with Crippen molar-refractivity contribution in [2.24, 2.45) is 0 Å². The lowest BCUT2D eigenvalue weighted by Crippen LogP contribution is -2.52. The van der Waals surface area contributed by atoms with Crippen LogP contribution in [0, 0.1) is 0 Å². The van der Waals surface area contributed by atoms with Crippen molar-refractivity contribution in [3.8, 4) is 0 Å². The molecule has 4 heteroatoms. The Kier molecular flexibility index (Phi) is 6.22. The molecule has 0 radical (unpaired) electrons. The van der Waals surface area contributed by atoms with Gasteiger partial charge in [0.2, 0.25) is 0 Å². The molecular weight excluding hydrogens is 246 g/mol. The number of carbonyl (C=O) groups is 1. The smallest absolute Gasteiger partial charge is 0.326 e. The van der Waals surface area contributed by atoms with Crippen LogP contribution in [0.4, 0.5) is 0 Å². The fraction of sp³-hybridized carbons (Fsp3) is 0.500. The molecule has 3 nitrogen and oxygen atoms in total. The summed E-state index contributed by atoms with van der Waals surface area (Å²) in [5.41, 5.74) is 0.661. The molecule has 0 saturated heterocycles. The zero-order valence-corrected chi connectivity index (χ0v) is 12.0. The number of carbonyl (C=O) groups excluding carboxylic acids is 1. The van der Waals surface area contributed by atoms with E-state index in [9.17, 15) is 4.79 Å². The number of ether oxygens (including phenoxy) is 1. The molecule has 18 heavy (non-hydrogen) atoms. The molecule has 100 valence electrons. The second kappa shape index (κ2) is 7.44. The van der Waals surface area contributed by atoms with Crippen LogP contribution in [0.5, 0.6) is 0 Å². The molecule has 1 unspecified atom stereocenters. The van der Waals surface area contributed by atoms with Crippen molar-refractivity contribution in [2.45, 2.75) is 25.1 Å². The maximum Gasteiger partial charge on any atom is 0.326 e. The van der Waals surface area contributed by atoms with Crippen molar-refractivity contribution >= 4 is 17.7 Å². The van der Waals surface area contributed by atoms with E-state index in [0.29, 0.717) is 5.75 Å². The number of esters is 1. The number of rotatable bonds is 7. The van der Waals surface area contributed by atoms with Crippen LogP contribution in [0.3, 0.4) is 0 Å². The van der Waals surface area contributed by atoms with E-state index in [1.165, 1.54) is 12.7 Å². The first-order valence-electron chi connectivity index (χ1n) is 6.07. The highest BCUT2D eigenvalue weighted by atomic mass is 32.2. The third-order valence-electron chi connectivity index (χ3n) is 2.71. The molecular formula is C14H21NO2S. The first-order chi connectivity index (χ1) is 8.62. The van der Waals surface area contributed by atoms with Gasteiger partial charge in [0.15, 0.2) is 0 Å². The van der Waals surface area contributed by atoms with E-state index in [1.807, 2.05) is 32.0 Å². The highest BCUT2D eigenvalue weighted by Crippen LogP contribution is 2.19. The molecule has 0 aromatic heterocycles. The molecule has 0 saturated carbocycles. The van der Waals surface area contributed by atoms with Gasteiger partial charge in [-0.15, -0.1) is 0 Å². The largest absolute Gasteiger partial charge is 0.468 e. The van der Waals surface area contributed by atoms with Gasteiger partial charge in [-0.1, -0.05) is 37.3 Å². The van der Waals surface area contributed by atoms with Gasteiger partial charge < -0.3 is 10.1 Å². The Bertz CT molecular complexity index is 369. The summed E-state index contributed by atoms with van der Waals surface area (Å²) >= 11 is 1.73. The van der Waals surface area contributed by atoms with Crippen LogP contribution in [0.2, 0.25) is 0 Å². The van der Waals surface area contributed by atoms with Crippen LogP contribution in [-0.4, -0.2) is 30.9 Å². The van der Waals surface area contributed by atoms with E-state index in [-0.39, 0.29) is 5.97 Å². The molecule has 0 aliphatic rings. The number of methoxy groups -OCH3 is 1. The molecule has 1 aromatic rings. The van der Waals surface area contributed by atoms with Gasteiger partial charge >= 0.3 is 5.97 Å². The average Bonchev–Trinajstić information content (AvgIpc) is 2.39. The van der Waals surface area contributed by atoms with Crippen LogP contribution in [0.25, 0.3) is 0 Å². The minimum atomic E-state index is -0.608. The van der Waals surface area contributed by atoms with E-state index in [4.69, 9.17) is 4.74 Å². The summed E-state index contributed by atoms with van der Waals surface area (Å²) in [7, 11) is 1.43. The minimum Gasteiger partial charge on any atom is -0.468 e. The quantitative estimate of drug-likeness (QED) is 0.770. The Morgan fingerprint density at radius 3 is 2.61 bits per heavy atom. The fourth-order valence-corrected chi connectivity index (χ4v) is 2.90. The van der Waals surface area contributed by atoms with E-state index in [1.54, 1.807) is 11.8 Å². The first kappa shape index (κ1) is 15.1. The van der Waals surface area contributed by atoms with Crippen LogP contribution in [0.1, 0.15) is 19.4 Å². The maximum absolute atomic E-state index is 11.8. The SMILES string of the molecule is CCNC(C)(CSCc1ccccc1)C(=O)OC. The van der Waals surface area contributed by atoms with Gasteiger partial charge in [0.05, 0.1) is 7.11 Å². The van der Waals surface area contributed by atoms with Crippen LogP contribution >= 0.6 is 11.8 Å². The molecule has 1 atom stereocenters. The number of benzene rings is 1. The average molecular weight is 267 g/mol. The van der Waals surface area contributed by atoms with E-state index in [0.717, 1.165) is 12.3 Å². The van der Waals surface area contributed by atoms with Crippen molar-refractivity contribution in [2.75, 3.05) is 19.4 Å². The fourth-order valence-electron chi connectivity index (χ4n) is 1.74. The zero-order chi connectivity index (χ0) is 13.4. The Balaban J connectivity index is 2.50. The lowest BCUT2D eigenvalue weighted by Gasteiger charge is -2.27.